The summed E-state index contributed by atoms with van der Waals surface area (Å²) in [4.78, 5) is 24.9. The van der Waals surface area contributed by atoms with Crippen molar-refractivity contribution in [3.05, 3.63) is 70.4 Å². The van der Waals surface area contributed by atoms with Crippen LogP contribution in [-0.4, -0.2) is 41.0 Å². The molecule has 0 fully saturated rings. The van der Waals surface area contributed by atoms with E-state index in [0.717, 1.165) is 54.4 Å². The summed E-state index contributed by atoms with van der Waals surface area (Å²) in [5.74, 6) is 2.24. The summed E-state index contributed by atoms with van der Waals surface area (Å²) >= 11 is 3.78. The second kappa shape index (κ2) is 16.7. The van der Waals surface area contributed by atoms with Gasteiger partial charge in [0.25, 0.3) is 0 Å². The molecule has 0 bridgehead atoms. The van der Waals surface area contributed by atoms with Gasteiger partial charge in [-0.25, -0.2) is 4.99 Å². The van der Waals surface area contributed by atoms with E-state index in [1.54, 1.807) is 0 Å². The predicted octanol–water partition coefficient (Wildman–Crippen LogP) is 3.99. The van der Waals surface area contributed by atoms with Crippen LogP contribution in [0.15, 0.2) is 79.8 Å². The van der Waals surface area contributed by atoms with Crippen molar-refractivity contribution in [2.45, 2.75) is 76.0 Å². The van der Waals surface area contributed by atoms with Gasteiger partial charge in [0.05, 0.1) is 5.69 Å². The molecule has 1 aromatic carbocycles. The Labute approximate surface area is 264 Å². The number of nitrogens with zero attached hydrogens (tertiary/aromatic N) is 3. The Morgan fingerprint density at radius 3 is 2.64 bits per heavy atom. The third-order valence-corrected chi connectivity index (χ3v) is 8.83. The number of rotatable bonds is 15. The molecule has 0 spiro atoms. The molecular weight excluding hydrogens is 533 g/mol. The molecule has 5 nitrogen and oxygen atoms in total. The Hall–Kier alpha value is -1.51. The third kappa shape index (κ3) is 10.1. The average molecular weight is 572 g/mol. The number of aliphatic carboxylic acids is 1. The van der Waals surface area contributed by atoms with Gasteiger partial charge in [-0.05, 0) is 79.2 Å². The first-order chi connectivity index (χ1) is 18.5. The molecule has 3 aliphatic rings. The molecular formula is C31H38N3NaO2S2. The van der Waals surface area contributed by atoms with Crippen LogP contribution in [0.5, 0.6) is 0 Å². The number of likely N-dealkylation sites (N-methyl/N-ethyl adjacent to an activating group) is 1. The van der Waals surface area contributed by atoms with Crippen molar-refractivity contribution in [1.29, 1.82) is 0 Å². The molecule has 0 saturated carbocycles. The Morgan fingerprint density at radius 2 is 1.85 bits per heavy atom. The number of thioether (sulfide) groups is 2. The van der Waals surface area contributed by atoms with Crippen molar-refractivity contribution in [2.24, 2.45) is 9.98 Å². The number of aliphatic imine (C=N–C) groups is 2. The summed E-state index contributed by atoms with van der Waals surface area (Å²) in [5, 5.41) is 10.5. The number of unbranched alkanes of at least 4 members (excludes halogenated alkanes) is 5. The number of amidine groups is 1. The zero-order valence-electron chi connectivity index (χ0n) is 23.6. The van der Waals surface area contributed by atoms with Crippen molar-refractivity contribution in [3.63, 3.8) is 0 Å². The molecule has 0 unspecified atom stereocenters. The van der Waals surface area contributed by atoms with Gasteiger partial charge >= 0.3 is 29.6 Å². The van der Waals surface area contributed by atoms with Gasteiger partial charge in [0.2, 0.25) is 0 Å². The Balaban J connectivity index is 0.00000420. The molecule has 0 atom stereocenters. The van der Waals surface area contributed by atoms with Crippen molar-refractivity contribution in [2.75, 3.05) is 18.6 Å². The average Bonchev–Trinajstić information content (AvgIpc) is 3.49. The number of fused-ring (bicyclic) bond motifs is 2. The molecule has 0 aliphatic carbocycles. The van der Waals surface area contributed by atoms with E-state index in [9.17, 15) is 9.90 Å². The summed E-state index contributed by atoms with van der Waals surface area (Å²) in [6.45, 7) is 2.25. The molecule has 0 radical (unpaired) electrons. The van der Waals surface area contributed by atoms with Crippen molar-refractivity contribution >= 4 is 46.7 Å². The van der Waals surface area contributed by atoms with Crippen LogP contribution in [0, 0.1) is 0 Å². The maximum Gasteiger partial charge on any atom is 1.00 e. The number of allylic oxidation sites excluding steroid dienone is 5. The van der Waals surface area contributed by atoms with E-state index in [1.807, 2.05) is 30.6 Å². The van der Waals surface area contributed by atoms with Crippen molar-refractivity contribution in [3.8, 4) is 0 Å². The second-order valence-electron chi connectivity index (χ2n) is 9.95. The summed E-state index contributed by atoms with van der Waals surface area (Å²) in [6.07, 6.45) is 20.4. The topological polar surface area (TPSA) is 68.1 Å². The summed E-state index contributed by atoms with van der Waals surface area (Å²) in [6, 6.07) is 6.68. The van der Waals surface area contributed by atoms with E-state index in [1.165, 1.54) is 52.4 Å². The zero-order chi connectivity index (χ0) is 26.7. The molecule has 202 valence electrons. The van der Waals surface area contributed by atoms with Gasteiger partial charge in [-0.2, -0.15) is 0 Å². The minimum atomic E-state index is -0.955. The number of carboxylic acids is 1. The predicted molar refractivity (Wildman–Crippen MR) is 161 cm³/mol. The van der Waals surface area contributed by atoms with Crippen LogP contribution in [0.4, 0.5) is 5.69 Å². The van der Waals surface area contributed by atoms with Gasteiger partial charge in [0.15, 0.2) is 0 Å². The molecule has 0 aromatic heterocycles. The van der Waals surface area contributed by atoms with E-state index < -0.39 is 5.97 Å². The van der Waals surface area contributed by atoms with Crippen LogP contribution in [0.3, 0.4) is 0 Å². The van der Waals surface area contributed by atoms with E-state index >= 15 is 0 Å². The van der Waals surface area contributed by atoms with Gasteiger partial charge in [-0.15, -0.1) is 23.5 Å². The van der Waals surface area contributed by atoms with Gasteiger partial charge in [-0.1, -0.05) is 38.7 Å². The van der Waals surface area contributed by atoms with Gasteiger partial charge in [0.1, 0.15) is 5.84 Å². The monoisotopic (exact) mass is 571 g/mol. The molecule has 0 amide bonds. The molecule has 8 heteroatoms. The van der Waals surface area contributed by atoms with Gasteiger partial charge in [0, 0.05) is 58.8 Å². The normalized spacial score (nSPS) is 17.0. The van der Waals surface area contributed by atoms with E-state index in [2.05, 4.69) is 60.5 Å². The molecule has 1 aromatic rings. The largest absolute Gasteiger partial charge is 1.00 e. The van der Waals surface area contributed by atoms with Crippen molar-refractivity contribution < 1.29 is 39.5 Å². The number of benzene rings is 1. The minimum absolute atomic E-state index is 0. The molecule has 0 N–H and O–H groups in total. The van der Waals surface area contributed by atoms with E-state index in [-0.39, 0.29) is 36.0 Å². The van der Waals surface area contributed by atoms with Crippen LogP contribution in [0.25, 0.3) is 0 Å². The molecule has 0 saturated heterocycles. The number of hydrogen-bond acceptors (Lipinski definition) is 7. The summed E-state index contributed by atoms with van der Waals surface area (Å²) < 4.78 is 0. The fourth-order valence-electron chi connectivity index (χ4n) is 4.69. The standard InChI is InChI=1S/C31H39N3O2S2.Na/c1-3-4-5-8-16-37-27-14-15-29-23(20-27)18-25(32-29)11-10-12-26-19-24-21-28(22-34(2)31(24)33-26)38-17-9-6-7-13-30(35)36;/h10-12,14-15,20-22H,3-9,13,16-19H2,1-2H3,(H,35,36);/q;+1/p-1/b11-10+,26-12+;. The molecule has 4 rings (SSSR count). The summed E-state index contributed by atoms with van der Waals surface area (Å²) in [7, 11) is 2.05. The minimum Gasteiger partial charge on any atom is -0.550 e. The first-order valence-electron chi connectivity index (χ1n) is 13.8. The second-order valence-corrected chi connectivity index (χ2v) is 12.3. The third-order valence-electron chi connectivity index (χ3n) is 6.70. The van der Waals surface area contributed by atoms with Crippen molar-refractivity contribution in [1.82, 2.24) is 4.90 Å². The number of carbonyl (C=O) groups excluding carboxylic acids is 1. The van der Waals surface area contributed by atoms with E-state index in [4.69, 9.17) is 9.98 Å². The number of carboxylic acid groups (broad SMARTS) is 1. The Morgan fingerprint density at radius 1 is 1.05 bits per heavy atom. The maximum absolute atomic E-state index is 10.5. The molecule has 3 aliphatic heterocycles. The first kappa shape index (κ1) is 32.0. The Bertz CT molecular complexity index is 1200. The SMILES string of the molecule is CCCCCCSc1ccc2c(c1)CC(/C=C/C=C1\CC3=CC(SCCCCCC(=O)[O-])=CN(C)C3=N1)=N2.[Na+]. The zero-order valence-corrected chi connectivity index (χ0v) is 27.2. The van der Waals surface area contributed by atoms with Gasteiger partial charge < -0.3 is 14.8 Å². The fraction of sp³-hybridized carbons (Fsp3) is 0.452. The van der Waals surface area contributed by atoms with Crippen LogP contribution in [0.1, 0.15) is 70.3 Å². The quantitative estimate of drug-likeness (QED) is 0.181. The maximum atomic E-state index is 10.5. The van der Waals surface area contributed by atoms with Gasteiger partial charge in [-0.3, -0.25) is 4.99 Å². The molecule has 3 heterocycles. The van der Waals surface area contributed by atoms with E-state index in [0.29, 0.717) is 6.42 Å². The van der Waals surface area contributed by atoms with Crippen LogP contribution < -0.4 is 34.7 Å². The smallest absolute Gasteiger partial charge is 0.550 e. The van der Waals surface area contributed by atoms with Crippen LogP contribution in [0.2, 0.25) is 0 Å². The first-order valence-corrected chi connectivity index (χ1v) is 15.8. The summed E-state index contributed by atoms with van der Waals surface area (Å²) in [5.41, 5.74) is 5.83. The fourth-order valence-corrected chi connectivity index (χ4v) is 6.71. The Kier molecular flexibility index (Phi) is 13.7. The number of carbonyl (C=O) groups is 1. The molecule has 39 heavy (non-hydrogen) atoms. The van der Waals surface area contributed by atoms with Crippen LogP contribution >= 0.6 is 23.5 Å². The van der Waals surface area contributed by atoms with Crippen LogP contribution in [-0.2, 0) is 11.2 Å². The number of hydrogen-bond donors (Lipinski definition) is 0.